The van der Waals surface area contributed by atoms with E-state index in [1.54, 1.807) is 0 Å². The van der Waals surface area contributed by atoms with E-state index in [0.29, 0.717) is 19.3 Å². The molecule has 78 valence electrons. The summed E-state index contributed by atoms with van der Waals surface area (Å²) in [6, 6.07) is 0. The molecule has 0 saturated heterocycles. The summed E-state index contributed by atoms with van der Waals surface area (Å²) in [6.07, 6.45) is 1.30. The second kappa shape index (κ2) is 3.19. The third-order valence-electron chi connectivity index (χ3n) is 2.62. The molecule has 0 aromatic carbocycles. The number of halogens is 3. The van der Waals surface area contributed by atoms with Crippen LogP contribution >= 0.6 is 0 Å². The highest BCUT2D eigenvalue weighted by Gasteiger charge is 2.44. The lowest BCUT2D eigenvalue weighted by molar-refractivity contribution is 0.210. The van der Waals surface area contributed by atoms with Gasteiger partial charge in [0.15, 0.2) is 0 Å². The molecular weight excluding hydrogens is 178 g/mol. The third-order valence-corrected chi connectivity index (χ3v) is 2.62. The van der Waals surface area contributed by atoms with Gasteiger partial charge in [0.25, 0.3) is 0 Å². The maximum Gasteiger partial charge on any atom is 0.481 e. The second-order valence-corrected chi connectivity index (χ2v) is 4.92. The van der Waals surface area contributed by atoms with Crippen molar-refractivity contribution in [2.24, 2.45) is 11.7 Å². The van der Waals surface area contributed by atoms with Crippen LogP contribution in [0.2, 0.25) is 5.82 Å². The number of nitrogens with two attached hydrogens (primary N) is 1. The molecule has 0 aromatic rings. The first kappa shape index (κ1) is 10.9. The van der Waals surface area contributed by atoms with Crippen LogP contribution in [0.3, 0.4) is 0 Å². The Balaban J connectivity index is 2.27. The van der Waals surface area contributed by atoms with Gasteiger partial charge in [0.2, 0.25) is 0 Å². The SMILES string of the molecule is CC(C)(N)CC1CC([B-](F)(F)F)C1. The van der Waals surface area contributed by atoms with Gasteiger partial charge in [-0.15, -0.1) is 0 Å². The molecule has 13 heavy (non-hydrogen) atoms. The third kappa shape index (κ3) is 3.22. The zero-order valence-electron chi connectivity index (χ0n) is 8.06. The van der Waals surface area contributed by atoms with Crippen molar-refractivity contribution in [1.29, 1.82) is 0 Å². The van der Waals surface area contributed by atoms with E-state index in [9.17, 15) is 12.9 Å². The summed E-state index contributed by atoms with van der Waals surface area (Å²) in [5, 5.41) is 0. The molecule has 0 aliphatic heterocycles. The van der Waals surface area contributed by atoms with Crippen LogP contribution in [0.15, 0.2) is 0 Å². The van der Waals surface area contributed by atoms with Crippen LogP contribution in [0.5, 0.6) is 0 Å². The fraction of sp³-hybridized carbons (Fsp3) is 1.00. The Bertz CT molecular complexity index is 179. The summed E-state index contributed by atoms with van der Waals surface area (Å²) in [5.41, 5.74) is 5.40. The Morgan fingerprint density at radius 2 is 1.77 bits per heavy atom. The Hall–Kier alpha value is -0.185. The minimum absolute atomic E-state index is 0.188. The van der Waals surface area contributed by atoms with E-state index < -0.39 is 12.8 Å². The quantitative estimate of drug-likeness (QED) is 0.686. The average Bonchev–Trinajstić information content (AvgIpc) is 1.71. The Morgan fingerprint density at radius 1 is 1.31 bits per heavy atom. The van der Waals surface area contributed by atoms with Gasteiger partial charge in [-0.2, -0.15) is 0 Å². The molecule has 5 heteroatoms. The first-order chi connectivity index (χ1) is 5.68. The van der Waals surface area contributed by atoms with Gasteiger partial charge >= 0.3 is 6.98 Å². The smallest absolute Gasteiger partial charge is 0.449 e. The lowest BCUT2D eigenvalue weighted by Crippen LogP contribution is -2.41. The van der Waals surface area contributed by atoms with Gasteiger partial charge in [0.05, 0.1) is 0 Å². The van der Waals surface area contributed by atoms with Crippen molar-refractivity contribution in [1.82, 2.24) is 0 Å². The van der Waals surface area contributed by atoms with E-state index in [2.05, 4.69) is 0 Å². The lowest BCUT2D eigenvalue weighted by atomic mass is 9.55. The summed E-state index contributed by atoms with van der Waals surface area (Å²) in [5.74, 6) is -0.819. The minimum Gasteiger partial charge on any atom is -0.449 e. The molecule has 0 atom stereocenters. The Morgan fingerprint density at radius 3 is 2.08 bits per heavy atom. The van der Waals surface area contributed by atoms with Crippen LogP contribution < -0.4 is 5.73 Å². The first-order valence-electron chi connectivity index (χ1n) is 4.67. The molecular formula is C8H16BF3N-. The summed E-state index contributed by atoms with van der Waals surface area (Å²) in [6.45, 7) is -0.874. The lowest BCUT2D eigenvalue weighted by Gasteiger charge is -2.43. The summed E-state index contributed by atoms with van der Waals surface area (Å²) >= 11 is 0. The molecule has 1 saturated carbocycles. The van der Waals surface area contributed by atoms with Gasteiger partial charge in [0.1, 0.15) is 0 Å². The molecule has 0 amide bonds. The van der Waals surface area contributed by atoms with Gasteiger partial charge in [-0.25, -0.2) is 0 Å². The Kier molecular flexibility index (Phi) is 2.67. The van der Waals surface area contributed by atoms with Crippen molar-refractivity contribution >= 4 is 6.98 Å². The molecule has 0 radical (unpaired) electrons. The Labute approximate surface area is 76.9 Å². The van der Waals surface area contributed by atoms with Crippen molar-refractivity contribution in [3.05, 3.63) is 0 Å². The van der Waals surface area contributed by atoms with Crippen LogP contribution in [0.25, 0.3) is 0 Å². The minimum atomic E-state index is -4.59. The predicted molar refractivity (Wildman–Crippen MR) is 48.4 cm³/mol. The fourth-order valence-corrected chi connectivity index (χ4v) is 2.01. The maximum atomic E-state index is 12.1. The van der Waals surface area contributed by atoms with E-state index in [0.717, 1.165) is 0 Å². The molecule has 1 aliphatic rings. The zero-order chi connectivity index (χ0) is 10.3. The summed E-state index contributed by atoms with van der Waals surface area (Å²) in [7, 11) is 0. The number of rotatable bonds is 3. The van der Waals surface area contributed by atoms with Crippen LogP contribution in [-0.4, -0.2) is 12.5 Å². The van der Waals surface area contributed by atoms with Crippen LogP contribution in [0.1, 0.15) is 33.1 Å². The molecule has 1 rings (SSSR count). The van der Waals surface area contributed by atoms with E-state index >= 15 is 0 Å². The van der Waals surface area contributed by atoms with Crippen LogP contribution in [0.4, 0.5) is 12.9 Å². The molecule has 0 aromatic heterocycles. The highest BCUT2D eigenvalue weighted by Crippen LogP contribution is 2.49. The fourth-order valence-electron chi connectivity index (χ4n) is 2.01. The van der Waals surface area contributed by atoms with E-state index in [4.69, 9.17) is 5.73 Å². The van der Waals surface area contributed by atoms with E-state index in [-0.39, 0.29) is 11.5 Å². The highest BCUT2D eigenvalue weighted by atomic mass is 19.4. The van der Waals surface area contributed by atoms with Crippen molar-refractivity contribution in [2.45, 2.75) is 44.5 Å². The van der Waals surface area contributed by atoms with Crippen LogP contribution in [0, 0.1) is 5.92 Å². The standard InChI is InChI=1S/C8H16BF3N/c1-8(2,13)5-6-3-7(4-6)9(10,11)12/h6-7H,3-5,13H2,1-2H3/q-1. The molecule has 0 bridgehead atoms. The topological polar surface area (TPSA) is 26.0 Å². The highest BCUT2D eigenvalue weighted by molar-refractivity contribution is 6.60. The molecule has 1 nitrogen and oxygen atoms in total. The predicted octanol–water partition coefficient (Wildman–Crippen LogP) is 2.74. The first-order valence-corrected chi connectivity index (χ1v) is 4.67. The maximum absolute atomic E-state index is 12.1. The molecule has 0 heterocycles. The van der Waals surface area contributed by atoms with E-state index in [1.807, 2.05) is 13.8 Å². The largest absolute Gasteiger partial charge is 0.481 e. The zero-order valence-corrected chi connectivity index (χ0v) is 8.06. The normalized spacial score (nSPS) is 30.0. The van der Waals surface area contributed by atoms with Crippen molar-refractivity contribution < 1.29 is 12.9 Å². The van der Waals surface area contributed by atoms with Gasteiger partial charge in [-0.1, -0.05) is 18.7 Å². The molecule has 0 spiro atoms. The molecule has 1 fully saturated rings. The van der Waals surface area contributed by atoms with Gasteiger partial charge in [0, 0.05) is 5.54 Å². The van der Waals surface area contributed by atoms with Crippen LogP contribution in [-0.2, 0) is 0 Å². The van der Waals surface area contributed by atoms with Gasteiger partial charge in [-0.3, -0.25) is 0 Å². The van der Waals surface area contributed by atoms with Crippen molar-refractivity contribution in [3.8, 4) is 0 Å². The summed E-state index contributed by atoms with van der Waals surface area (Å²) < 4.78 is 36.4. The number of hydrogen-bond acceptors (Lipinski definition) is 1. The van der Waals surface area contributed by atoms with Crippen molar-refractivity contribution in [2.75, 3.05) is 0 Å². The van der Waals surface area contributed by atoms with E-state index in [1.165, 1.54) is 0 Å². The van der Waals surface area contributed by atoms with Gasteiger partial charge < -0.3 is 18.7 Å². The average molecular weight is 194 g/mol. The second-order valence-electron chi connectivity index (χ2n) is 4.92. The van der Waals surface area contributed by atoms with Crippen molar-refractivity contribution in [3.63, 3.8) is 0 Å². The number of hydrogen-bond donors (Lipinski definition) is 1. The molecule has 2 N–H and O–H groups in total. The molecule has 0 unspecified atom stereocenters. The summed E-state index contributed by atoms with van der Waals surface area (Å²) in [4.78, 5) is 0. The molecule has 1 aliphatic carbocycles. The monoisotopic (exact) mass is 194 g/mol. The van der Waals surface area contributed by atoms with Gasteiger partial charge in [-0.05, 0) is 26.2 Å².